The highest BCUT2D eigenvalue weighted by atomic mass is 16.6. The number of carbonyl (C=O) groups is 4. The van der Waals surface area contributed by atoms with Crippen LogP contribution in [-0.4, -0.2) is 46.8 Å². The number of nitro groups is 2. The number of nitro benzene ring substituents is 2. The van der Waals surface area contributed by atoms with Gasteiger partial charge in [-0.2, -0.15) is 0 Å². The highest BCUT2D eigenvalue weighted by Crippen LogP contribution is 2.18. The van der Waals surface area contributed by atoms with E-state index in [0.29, 0.717) is 35.3 Å². The van der Waals surface area contributed by atoms with Crippen LogP contribution in [0.4, 0.5) is 22.7 Å². The van der Waals surface area contributed by atoms with E-state index in [4.69, 9.17) is 9.47 Å². The van der Waals surface area contributed by atoms with Crippen molar-refractivity contribution in [2.45, 2.75) is 25.7 Å². The van der Waals surface area contributed by atoms with E-state index in [1.165, 1.54) is 97.1 Å². The van der Waals surface area contributed by atoms with E-state index in [9.17, 15) is 39.4 Å². The third-order valence-electron chi connectivity index (χ3n) is 6.94. The summed E-state index contributed by atoms with van der Waals surface area (Å²) in [7, 11) is 0. The highest BCUT2D eigenvalue weighted by molar-refractivity contribution is 6.05. The van der Waals surface area contributed by atoms with Crippen LogP contribution in [0.3, 0.4) is 0 Å². The van der Waals surface area contributed by atoms with Crippen LogP contribution in [0.25, 0.3) is 0 Å². The molecule has 48 heavy (non-hydrogen) atoms. The number of unbranched alkanes of at least 4 members (excludes halogenated alkanes) is 3. The van der Waals surface area contributed by atoms with Gasteiger partial charge in [-0.05, 0) is 98.5 Å². The quantitative estimate of drug-likeness (QED) is 0.0611. The van der Waals surface area contributed by atoms with Crippen LogP contribution >= 0.6 is 0 Å². The molecule has 4 rings (SSSR count). The molecular formula is C34H30N4O10. The fourth-order valence-corrected chi connectivity index (χ4v) is 4.31. The summed E-state index contributed by atoms with van der Waals surface area (Å²) in [6.45, 7) is 0.399. The molecule has 4 aromatic carbocycles. The maximum Gasteiger partial charge on any atom is 0.338 e. The van der Waals surface area contributed by atoms with Gasteiger partial charge in [0.05, 0.1) is 34.2 Å². The number of carbonyl (C=O) groups excluding carboxylic acids is 4. The van der Waals surface area contributed by atoms with Gasteiger partial charge < -0.3 is 20.1 Å². The van der Waals surface area contributed by atoms with Gasteiger partial charge in [-0.3, -0.25) is 29.8 Å². The molecule has 0 radical (unpaired) electrons. The second-order valence-corrected chi connectivity index (χ2v) is 10.4. The lowest BCUT2D eigenvalue weighted by Gasteiger charge is -2.08. The first-order valence-corrected chi connectivity index (χ1v) is 14.8. The first-order chi connectivity index (χ1) is 23.1. The van der Waals surface area contributed by atoms with Crippen molar-refractivity contribution in [1.29, 1.82) is 0 Å². The van der Waals surface area contributed by atoms with Gasteiger partial charge in [0.15, 0.2) is 0 Å². The lowest BCUT2D eigenvalue weighted by atomic mass is 10.1. The summed E-state index contributed by atoms with van der Waals surface area (Å²) in [5.41, 5.74) is 1.77. The molecule has 0 unspecified atom stereocenters. The van der Waals surface area contributed by atoms with Crippen molar-refractivity contribution in [3.8, 4) is 0 Å². The van der Waals surface area contributed by atoms with E-state index < -0.39 is 33.6 Å². The van der Waals surface area contributed by atoms with E-state index >= 15 is 0 Å². The standard InChI is InChI=1S/C34H30N4O10/c39-31(35-27-13-17-29(18-14-27)37(43)44)23-5-9-25(10-6-23)33(41)47-21-3-1-2-4-22-48-34(42)26-11-7-24(8-12-26)32(40)36-28-15-19-30(20-16-28)38(45)46/h5-20H,1-4,21-22H2,(H,35,39)(H,36,40). The summed E-state index contributed by atoms with van der Waals surface area (Å²) >= 11 is 0. The van der Waals surface area contributed by atoms with Gasteiger partial charge >= 0.3 is 11.9 Å². The average Bonchev–Trinajstić information content (AvgIpc) is 3.09. The van der Waals surface area contributed by atoms with Crippen LogP contribution in [0.15, 0.2) is 97.1 Å². The minimum absolute atomic E-state index is 0.0902. The lowest BCUT2D eigenvalue weighted by Crippen LogP contribution is -2.13. The number of rotatable bonds is 15. The second kappa shape index (κ2) is 16.7. The molecule has 0 bridgehead atoms. The van der Waals surface area contributed by atoms with Crippen LogP contribution in [0.1, 0.15) is 67.1 Å². The zero-order valence-electron chi connectivity index (χ0n) is 25.5. The molecule has 0 spiro atoms. The zero-order valence-corrected chi connectivity index (χ0v) is 25.5. The first-order valence-electron chi connectivity index (χ1n) is 14.8. The number of ether oxygens (including phenoxy) is 2. The normalized spacial score (nSPS) is 10.4. The summed E-state index contributed by atoms with van der Waals surface area (Å²) in [6, 6.07) is 22.7. The molecule has 2 N–H and O–H groups in total. The van der Waals surface area contributed by atoms with Crippen molar-refractivity contribution in [3.63, 3.8) is 0 Å². The van der Waals surface area contributed by atoms with Crippen LogP contribution in [-0.2, 0) is 9.47 Å². The maximum absolute atomic E-state index is 12.4. The molecule has 0 atom stereocenters. The maximum atomic E-state index is 12.4. The van der Waals surface area contributed by atoms with Crippen molar-refractivity contribution >= 4 is 46.5 Å². The van der Waals surface area contributed by atoms with E-state index in [1.807, 2.05) is 0 Å². The number of esters is 2. The van der Waals surface area contributed by atoms with Crippen molar-refractivity contribution in [2.24, 2.45) is 0 Å². The fourth-order valence-electron chi connectivity index (χ4n) is 4.31. The largest absolute Gasteiger partial charge is 0.462 e. The molecule has 0 saturated heterocycles. The number of non-ortho nitro benzene ring substituents is 2. The molecule has 4 aromatic rings. The molecule has 0 aliphatic carbocycles. The Hall–Kier alpha value is -6.44. The molecule has 0 aliphatic rings. The third-order valence-corrected chi connectivity index (χ3v) is 6.94. The molecule has 0 aromatic heterocycles. The minimum Gasteiger partial charge on any atom is -0.462 e. The van der Waals surface area contributed by atoms with Gasteiger partial charge in [-0.25, -0.2) is 9.59 Å². The minimum atomic E-state index is -0.533. The Balaban J connectivity index is 1.08. The van der Waals surface area contributed by atoms with Gasteiger partial charge in [-0.15, -0.1) is 0 Å². The van der Waals surface area contributed by atoms with Gasteiger partial charge in [0, 0.05) is 46.8 Å². The van der Waals surface area contributed by atoms with Crippen LogP contribution < -0.4 is 10.6 Å². The van der Waals surface area contributed by atoms with Crippen LogP contribution in [0.5, 0.6) is 0 Å². The number of amides is 2. The van der Waals surface area contributed by atoms with Gasteiger partial charge in [0.25, 0.3) is 23.2 Å². The van der Waals surface area contributed by atoms with Gasteiger partial charge in [-0.1, -0.05) is 0 Å². The molecule has 14 heteroatoms. The Labute approximate surface area is 274 Å². The average molecular weight is 655 g/mol. The van der Waals surface area contributed by atoms with Crippen LogP contribution in [0.2, 0.25) is 0 Å². The summed E-state index contributed by atoms with van der Waals surface area (Å²) in [4.78, 5) is 70.0. The number of nitrogens with zero attached hydrogens (tertiary/aromatic N) is 2. The Kier molecular flexibility index (Phi) is 12.0. The van der Waals surface area contributed by atoms with Crippen molar-refractivity contribution in [3.05, 3.63) is 140 Å². The van der Waals surface area contributed by atoms with Crippen molar-refractivity contribution < 1.29 is 38.5 Å². The zero-order chi connectivity index (χ0) is 34.5. The van der Waals surface area contributed by atoms with Crippen molar-refractivity contribution in [2.75, 3.05) is 23.8 Å². The molecule has 0 saturated carbocycles. The highest BCUT2D eigenvalue weighted by Gasteiger charge is 2.13. The smallest absolute Gasteiger partial charge is 0.338 e. The molecule has 2 amide bonds. The van der Waals surface area contributed by atoms with Gasteiger partial charge in [0.2, 0.25) is 0 Å². The van der Waals surface area contributed by atoms with Gasteiger partial charge in [0.1, 0.15) is 0 Å². The monoisotopic (exact) mass is 654 g/mol. The Morgan fingerprint density at radius 1 is 0.479 bits per heavy atom. The Bertz CT molecular complexity index is 1640. The SMILES string of the molecule is O=C(Nc1ccc([N+](=O)[O-])cc1)c1ccc(C(=O)OCCCCCCOC(=O)c2ccc(C(=O)Nc3ccc([N+](=O)[O-])cc3)cc2)cc1. The molecular weight excluding hydrogens is 624 g/mol. The number of nitrogens with one attached hydrogen (secondary N) is 2. The molecule has 0 aliphatic heterocycles. The third kappa shape index (κ3) is 10.0. The fraction of sp³-hybridized carbons (Fsp3) is 0.176. The summed E-state index contributed by atoms with van der Waals surface area (Å²) in [6.07, 6.45) is 2.70. The topological polar surface area (TPSA) is 197 Å². The second-order valence-electron chi connectivity index (χ2n) is 10.4. The van der Waals surface area contributed by atoms with E-state index in [2.05, 4.69) is 10.6 Å². The van der Waals surface area contributed by atoms with E-state index in [-0.39, 0.29) is 35.7 Å². The van der Waals surface area contributed by atoms with Crippen LogP contribution in [0, 0.1) is 20.2 Å². The number of anilines is 2. The molecule has 0 fully saturated rings. The van der Waals surface area contributed by atoms with E-state index in [1.54, 1.807) is 0 Å². The predicted molar refractivity (Wildman–Crippen MR) is 174 cm³/mol. The lowest BCUT2D eigenvalue weighted by molar-refractivity contribution is -0.385. The predicted octanol–water partition coefficient (Wildman–Crippen LogP) is 6.58. The summed E-state index contributed by atoms with van der Waals surface area (Å²) < 4.78 is 10.6. The summed E-state index contributed by atoms with van der Waals surface area (Å²) in [5.74, 6) is -1.92. The Morgan fingerprint density at radius 2 is 0.792 bits per heavy atom. The number of benzene rings is 4. The van der Waals surface area contributed by atoms with Crippen molar-refractivity contribution in [1.82, 2.24) is 0 Å². The number of hydrogen-bond donors (Lipinski definition) is 2. The molecule has 246 valence electrons. The molecule has 14 nitrogen and oxygen atoms in total. The van der Waals surface area contributed by atoms with E-state index in [0.717, 1.165) is 12.8 Å². The Morgan fingerprint density at radius 3 is 1.10 bits per heavy atom. The molecule has 0 heterocycles. The summed E-state index contributed by atoms with van der Waals surface area (Å²) in [5, 5.41) is 26.8. The number of hydrogen-bond acceptors (Lipinski definition) is 10. The first kappa shape index (κ1) is 34.4.